The maximum Gasteiger partial charge on any atom is 0.472 e. The van der Waals surface area contributed by atoms with Gasteiger partial charge in [-0.1, -0.05) is 172 Å². The minimum atomic E-state index is -4.45. The van der Waals surface area contributed by atoms with E-state index in [-0.39, 0.29) is 18.9 Å². The maximum absolute atomic E-state index is 13.0. The molecule has 0 fully saturated rings. The fourth-order valence-electron chi connectivity index (χ4n) is 6.58. The topological polar surface area (TPSA) is 125 Å². The molecule has 0 radical (unpaired) electrons. The third-order valence-corrected chi connectivity index (χ3v) is 11.7. The van der Waals surface area contributed by atoms with Gasteiger partial charge in [0, 0.05) is 6.42 Å². The molecule has 0 aliphatic heterocycles. The average molecular weight is 978 g/mol. The van der Waals surface area contributed by atoms with E-state index in [0.29, 0.717) is 30.3 Å². The molecule has 4 unspecified atom stereocenters. The quantitative estimate of drug-likeness (QED) is 0.0207. The highest BCUT2D eigenvalue weighted by Crippen LogP contribution is 2.43. The first-order valence-electron chi connectivity index (χ1n) is 26.3. The molecule has 0 saturated carbocycles. The number of rotatable bonds is 45. The largest absolute Gasteiger partial charge is 0.472 e. The van der Waals surface area contributed by atoms with Gasteiger partial charge in [-0.15, -0.1) is 0 Å². The number of quaternary nitrogens is 1. The lowest BCUT2D eigenvalue weighted by Crippen LogP contribution is -2.51. The maximum atomic E-state index is 13.0. The molecule has 390 valence electrons. The Morgan fingerprint density at radius 2 is 0.928 bits per heavy atom. The second-order valence-electron chi connectivity index (χ2n) is 18.3. The molecule has 0 aromatic heterocycles. The van der Waals surface area contributed by atoms with Gasteiger partial charge in [-0.25, -0.2) is 4.57 Å². The van der Waals surface area contributed by atoms with Gasteiger partial charge in [0.15, 0.2) is 0 Å². The molecule has 69 heavy (non-hydrogen) atoms. The van der Waals surface area contributed by atoms with Gasteiger partial charge in [-0.3, -0.25) is 13.8 Å². The van der Waals surface area contributed by atoms with E-state index in [4.69, 9.17) is 9.05 Å². The number of unbranched alkanes of at least 4 members (excludes halogenated alkanes) is 8. The van der Waals surface area contributed by atoms with Crippen molar-refractivity contribution in [3.05, 3.63) is 146 Å². The number of allylic oxidation sites excluding steroid dienone is 24. The van der Waals surface area contributed by atoms with Crippen LogP contribution in [0.2, 0.25) is 0 Å². The van der Waals surface area contributed by atoms with Crippen LogP contribution in [0.5, 0.6) is 0 Å². The highest BCUT2D eigenvalue weighted by Gasteiger charge is 2.31. The molecule has 0 aromatic rings. The summed E-state index contributed by atoms with van der Waals surface area (Å²) in [5.41, 5.74) is 0. The molecule has 0 aromatic carbocycles. The molecule has 4 atom stereocenters. The van der Waals surface area contributed by atoms with Crippen LogP contribution in [-0.2, 0) is 18.4 Å². The normalized spacial score (nSPS) is 15.7. The predicted molar refractivity (Wildman–Crippen MR) is 296 cm³/mol. The van der Waals surface area contributed by atoms with E-state index in [1.165, 1.54) is 0 Å². The highest BCUT2D eigenvalue weighted by molar-refractivity contribution is 7.47. The minimum Gasteiger partial charge on any atom is -0.390 e. The molecule has 0 heterocycles. The number of phosphoric ester groups is 1. The third-order valence-electron chi connectivity index (χ3n) is 10.7. The number of hydrogen-bond acceptors (Lipinski definition) is 6. The second kappa shape index (κ2) is 48.0. The third kappa shape index (κ3) is 49.1. The van der Waals surface area contributed by atoms with Crippen LogP contribution in [0, 0.1) is 0 Å². The van der Waals surface area contributed by atoms with Crippen LogP contribution in [0.25, 0.3) is 0 Å². The summed E-state index contributed by atoms with van der Waals surface area (Å²) in [6, 6.07) is -1.08. The van der Waals surface area contributed by atoms with Gasteiger partial charge >= 0.3 is 7.82 Å². The molecule has 9 nitrogen and oxygen atoms in total. The predicted octanol–water partition coefficient (Wildman–Crippen LogP) is 14.7. The summed E-state index contributed by atoms with van der Waals surface area (Å²) in [6.45, 7) is 4.19. The van der Waals surface area contributed by atoms with Crippen LogP contribution < -0.4 is 5.32 Å². The Kier molecular flexibility index (Phi) is 45.4. The summed E-state index contributed by atoms with van der Waals surface area (Å²) < 4.78 is 23.5. The number of nitrogens with zero attached hydrogens (tertiary/aromatic N) is 1. The van der Waals surface area contributed by atoms with Crippen molar-refractivity contribution in [2.75, 3.05) is 40.9 Å². The van der Waals surface area contributed by atoms with E-state index in [0.717, 1.165) is 122 Å². The monoisotopic (exact) mass is 978 g/mol. The molecule has 1 amide bonds. The van der Waals surface area contributed by atoms with E-state index in [1.807, 2.05) is 28.1 Å². The number of carbonyl (C=O) groups is 1. The average Bonchev–Trinajstić information content (AvgIpc) is 3.31. The molecule has 0 rings (SSSR count). The first kappa shape index (κ1) is 65.3. The Balaban J connectivity index is 4.37. The highest BCUT2D eigenvalue weighted by atomic mass is 31.2. The Hall–Kier alpha value is -3.66. The summed E-state index contributed by atoms with van der Waals surface area (Å²) in [6.07, 6.45) is 70.9. The minimum absolute atomic E-state index is 0.000776. The number of aliphatic hydroxyl groups is 2. The Labute approximate surface area is 421 Å². The lowest BCUT2D eigenvalue weighted by Gasteiger charge is -2.28. The summed E-state index contributed by atoms with van der Waals surface area (Å²) in [5.74, 6) is -0.302. The van der Waals surface area contributed by atoms with E-state index >= 15 is 0 Å². The fourth-order valence-corrected chi connectivity index (χ4v) is 7.32. The Bertz CT molecular complexity index is 1640. The van der Waals surface area contributed by atoms with Crippen molar-refractivity contribution >= 4 is 13.7 Å². The van der Waals surface area contributed by atoms with Gasteiger partial charge in [0.05, 0.1) is 39.9 Å². The van der Waals surface area contributed by atoms with Gasteiger partial charge < -0.3 is 24.9 Å². The van der Waals surface area contributed by atoms with Crippen molar-refractivity contribution in [1.29, 1.82) is 0 Å². The zero-order valence-electron chi connectivity index (χ0n) is 43.8. The zero-order valence-corrected chi connectivity index (χ0v) is 44.7. The molecule has 0 aliphatic rings. The first-order chi connectivity index (χ1) is 33.4. The molecule has 0 spiro atoms. The summed E-state index contributed by atoms with van der Waals surface area (Å²) in [5, 5.41) is 24.7. The molecule has 10 heteroatoms. The standard InChI is InChI=1S/C59H97N2O7P/c1-6-8-10-12-14-16-18-20-21-22-23-24-25-26-27-28-29-30-31-32-33-34-35-36-37-38-39-40-42-44-46-48-50-52-58(63)60-56(55-68-69(65,66)67-54-53-61(3,4)5)59(64)57(62)51-49-47-45-43-41-19-17-15-13-11-9-7-2/h7-10,14-17,20-21,23-24,26-27,29-30,32-33,35-36,38-39,43,45,56-57,59,62,64H,6,11-13,18-19,22,25,28,31,34,37,40-42,44,46-55H2,1-5H3,(H-,60,63,65,66)/p+1/b9-7+,10-8-,16-14-,17-15+,21-20-,24-23-,27-26-,30-29-,33-32-,36-35-,39-38-,45-43+. The zero-order chi connectivity index (χ0) is 50.8. The van der Waals surface area contributed by atoms with Crippen LogP contribution in [0.3, 0.4) is 0 Å². The molecule has 0 bridgehead atoms. The van der Waals surface area contributed by atoms with Gasteiger partial charge in [0.1, 0.15) is 19.3 Å². The smallest absolute Gasteiger partial charge is 0.390 e. The Morgan fingerprint density at radius 1 is 0.536 bits per heavy atom. The molecule has 0 aliphatic carbocycles. The lowest BCUT2D eigenvalue weighted by atomic mass is 10.0. The van der Waals surface area contributed by atoms with E-state index in [2.05, 4.69) is 158 Å². The van der Waals surface area contributed by atoms with E-state index < -0.39 is 32.7 Å². The number of nitrogens with one attached hydrogen (secondary N) is 1. The van der Waals surface area contributed by atoms with Crippen molar-refractivity contribution in [3.63, 3.8) is 0 Å². The number of carbonyl (C=O) groups excluding carboxylic acids is 1. The van der Waals surface area contributed by atoms with Crippen LogP contribution in [0.4, 0.5) is 0 Å². The summed E-state index contributed by atoms with van der Waals surface area (Å²) in [7, 11) is 1.36. The number of hydrogen-bond donors (Lipinski definition) is 4. The van der Waals surface area contributed by atoms with Crippen LogP contribution >= 0.6 is 7.82 Å². The van der Waals surface area contributed by atoms with Gasteiger partial charge in [-0.2, -0.15) is 0 Å². The second-order valence-corrected chi connectivity index (χ2v) is 19.7. The van der Waals surface area contributed by atoms with Crippen molar-refractivity contribution in [2.24, 2.45) is 0 Å². The van der Waals surface area contributed by atoms with Gasteiger partial charge in [0.2, 0.25) is 5.91 Å². The van der Waals surface area contributed by atoms with Gasteiger partial charge in [0.25, 0.3) is 0 Å². The van der Waals surface area contributed by atoms with Gasteiger partial charge in [-0.05, 0) is 129 Å². The number of amides is 1. The number of phosphoric acid groups is 1. The summed E-state index contributed by atoms with van der Waals surface area (Å²) in [4.78, 5) is 23.3. The lowest BCUT2D eigenvalue weighted by molar-refractivity contribution is -0.870. The van der Waals surface area contributed by atoms with Crippen molar-refractivity contribution in [2.45, 2.75) is 180 Å². The summed E-state index contributed by atoms with van der Waals surface area (Å²) >= 11 is 0. The molecule has 0 saturated heterocycles. The number of aliphatic hydroxyl groups excluding tert-OH is 2. The van der Waals surface area contributed by atoms with Crippen LogP contribution in [-0.4, -0.2) is 84.6 Å². The van der Waals surface area contributed by atoms with E-state index in [9.17, 15) is 24.5 Å². The first-order valence-corrected chi connectivity index (χ1v) is 27.7. The van der Waals surface area contributed by atoms with Crippen LogP contribution in [0.1, 0.15) is 162 Å². The number of likely N-dealkylation sites (N-methyl/N-ethyl adjacent to an activating group) is 1. The van der Waals surface area contributed by atoms with E-state index in [1.54, 1.807) is 0 Å². The molecule has 4 N–H and O–H groups in total. The molecular weight excluding hydrogens is 880 g/mol. The van der Waals surface area contributed by atoms with Crippen molar-refractivity contribution in [3.8, 4) is 0 Å². The van der Waals surface area contributed by atoms with Crippen molar-refractivity contribution in [1.82, 2.24) is 5.32 Å². The fraction of sp³-hybridized carbons (Fsp3) is 0.576. The Morgan fingerprint density at radius 3 is 1.39 bits per heavy atom. The molecular formula is C59H98N2O7P+. The van der Waals surface area contributed by atoms with Crippen LogP contribution in [0.15, 0.2) is 146 Å². The van der Waals surface area contributed by atoms with Crippen molar-refractivity contribution < 1.29 is 38.0 Å². The SMILES string of the molecule is C/C=C/CC/C=C/CC/C=C/CCCC(O)C(O)C(COP(=O)(O)OCC[N+](C)(C)C)NC(=O)CCCCCCC/C=C\C/C=C\C/C=C\C/C=C\C/C=C\C/C=C\C/C=C\C/C=C\C/C=C\CC.